The van der Waals surface area contributed by atoms with Gasteiger partial charge in [-0.1, -0.05) is 0 Å². The van der Waals surface area contributed by atoms with Gasteiger partial charge in [0.1, 0.15) is 12.2 Å². The van der Waals surface area contributed by atoms with E-state index in [1.54, 1.807) is 37.3 Å². The third-order valence-corrected chi connectivity index (χ3v) is 6.48. The largest absolute Gasteiger partial charge is 0.490 e. The number of non-ortho nitro benzene ring substituents is 1. The van der Waals surface area contributed by atoms with Crippen LogP contribution in [-0.4, -0.2) is 36.2 Å². The van der Waals surface area contributed by atoms with E-state index in [9.17, 15) is 24.5 Å². The van der Waals surface area contributed by atoms with Crippen molar-refractivity contribution in [1.29, 1.82) is 0 Å². The van der Waals surface area contributed by atoms with Crippen LogP contribution in [0.1, 0.15) is 18.1 Å². The number of nitro benzene ring substituents is 1. The van der Waals surface area contributed by atoms with Gasteiger partial charge in [-0.05, 0) is 76.5 Å². The molecule has 2 aliphatic rings. The molecule has 2 aliphatic heterocycles. The summed E-state index contributed by atoms with van der Waals surface area (Å²) in [4.78, 5) is 49.8. The van der Waals surface area contributed by atoms with E-state index in [1.165, 1.54) is 30.3 Å². The standard InChI is InChI=1S/C27H20BrN3O9/c1-2-37-23-11-16(10-20(28)24(23)38-13-15-3-5-17(6-4-15)31(35)36)9-19-25(32)29-27(34)30(26(19)33)18-7-8-21-22(12-18)40-14-39-21/h3-12H,2,13-14H2,1H3,(H,29,32,34)/b19-9+. The van der Waals surface area contributed by atoms with Crippen LogP contribution in [0.3, 0.4) is 0 Å². The van der Waals surface area contributed by atoms with Gasteiger partial charge in [0.15, 0.2) is 23.0 Å². The van der Waals surface area contributed by atoms with Gasteiger partial charge in [0, 0.05) is 18.2 Å². The van der Waals surface area contributed by atoms with Crippen molar-refractivity contribution >= 4 is 51.2 Å². The number of amides is 4. The van der Waals surface area contributed by atoms with Crippen molar-refractivity contribution in [3.05, 3.63) is 85.9 Å². The highest BCUT2D eigenvalue weighted by Gasteiger charge is 2.37. The first-order valence-corrected chi connectivity index (χ1v) is 12.7. The quantitative estimate of drug-likeness (QED) is 0.166. The van der Waals surface area contributed by atoms with E-state index in [-0.39, 0.29) is 30.3 Å². The summed E-state index contributed by atoms with van der Waals surface area (Å²) in [5.41, 5.74) is 1.03. The fourth-order valence-electron chi connectivity index (χ4n) is 4.03. The Kier molecular flexibility index (Phi) is 7.38. The molecular weight excluding hydrogens is 590 g/mol. The van der Waals surface area contributed by atoms with Gasteiger partial charge in [-0.25, -0.2) is 9.69 Å². The summed E-state index contributed by atoms with van der Waals surface area (Å²) in [7, 11) is 0. The predicted octanol–water partition coefficient (Wildman–Crippen LogP) is 4.73. The maximum Gasteiger partial charge on any atom is 0.335 e. The van der Waals surface area contributed by atoms with Crippen LogP contribution >= 0.6 is 15.9 Å². The summed E-state index contributed by atoms with van der Waals surface area (Å²) in [6.45, 7) is 2.20. The minimum atomic E-state index is -0.891. The first-order valence-electron chi connectivity index (χ1n) is 11.9. The first-order chi connectivity index (χ1) is 19.2. The molecule has 13 heteroatoms. The maximum atomic E-state index is 13.3. The Labute approximate surface area is 235 Å². The fraction of sp³-hybridized carbons (Fsp3) is 0.148. The number of nitrogens with one attached hydrogen (secondary N) is 1. The zero-order valence-corrected chi connectivity index (χ0v) is 22.4. The molecule has 3 aromatic carbocycles. The van der Waals surface area contributed by atoms with Crippen molar-refractivity contribution in [1.82, 2.24) is 5.32 Å². The van der Waals surface area contributed by atoms with E-state index < -0.39 is 22.8 Å². The molecule has 1 N–H and O–H groups in total. The lowest BCUT2D eigenvalue weighted by atomic mass is 10.1. The molecule has 40 heavy (non-hydrogen) atoms. The number of hydrogen-bond acceptors (Lipinski definition) is 9. The molecule has 204 valence electrons. The molecule has 4 amide bonds. The number of anilines is 1. The number of hydrogen-bond donors (Lipinski definition) is 1. The molecule has 0 spiro atoms. The predicted molar refractivity (Wildman–Crippen MR) is 144 cm³/mol. The van der Waals surface area contributed by atoms with Crippen molar-refractivity contribution in [3.63, 3.8) is 0 Å². The molecule has 3 aromatic rings. The summed E-state index contributed by atoms with van der Waals surface area (Å²) < 4.78 is 22.8. The van der Waals surface area contributed by atoms with E-state index in [2.05, 4.69) is 21.2 Å². The number of carbonyl (C=O) groups is 3. The lowest BCUT2D eigenvalue weighted by Gasteiger charge is -2.26. The summed E-state index contributed by atoms with van der Waals surface area (Å²) in [5, 5.41) is 13.1. The molecule has 5 rings (SSSR count). The molecule has 12 nitrogen and oxygen atoms in total. The maximum absolute atomic E-state index is 13.3. The number of rotatable bonds is 8. The van der Waals surface area contributed by atoms with Crippen molar-refractivity contribution in [3.8, 4) is 23.0 Å². The number of barbiturate groups is 1. The summed E-state index contributed by atoms with van der Waals surface area (Å²) in [6.07, 6.45) is 1.34. The second-order valence-electron chi connectivity index (χ2n) is 8.47. The number of carbonyl (C=O) groups excluding carboxylic acids is 3. The number of urea groups is 1. The average Bonchev–Trinajstić information content (AvgIpc) is 3.39. The Morgan fingerprint density at radius 1 is 1.05 bits per heavy atom. The van der Waals surface area contributed by atoms with Crippen LogP contribution in [0.25, 0.3) is 6.08 Å². The minimum absolute atomic E-state index is 0.0210. The number of nitrogens with zero attached hydrogens (tertiary/aromatic N) is 2. The highest BCUT2D eigenvalue weighted by atomic mass is 79.9. The van der Waals surface area contributed by atoms with E-state index >= 15 is 0 Å². The molecule has 0 aliphatic carbocycles. The van der Waals surface area contributed by atoms with E-state index in [4.69, 9.17) is 18.9 Å². The van der Waals surface area contributed by atoms with Crippen molar-refractivity contribution in [2.24, 2.45) is 0 Å². The third-order valence-electron chi connectivity index (χ3n) is 5.89. The molecular formula is C27H20BrN3O9. The fourth-order valence-corrected chi connectivity index (χ4v) is 4.60. The highest BCUT2D eigenvalue weighted by Crippen LogP contribution is 2.39. The average molecular weight is 610 g/mol. The number of ether oxygens (including phenoxy) is 4. The summed E-state index contributed by atoms with van der Waals surface area (Å²) >= 11 is 3.45. The Balaban J connectivity index is 1.42. The second-order valence-corrected chi connectivity index (χ2v) is 9.32. The zero-order valence-electron chi connectivity index (χ0n) is 20.8. The van der Waals surface area contributed by atoms with Crippen LogP contribution in [0.2, 0.25) is 0 Å². The Hall–Kier alpha value is -4.91. The van der Waals surface area contributed by atoms with Crippen LogP contribution in [0.15, 0.2) is 64.6 Å². The van der Waals surface area contributed by atoms with Gasteiger partial charge in [-0.2, -0.15) is 0 Å². The molecule has 0 unspecified atom stereocenters. The minimum Gasteiger partial charge on any atom is -0.490 e. The van der Waals surface area contributed by atoms with Crippen molar-refractivity contribution in [2.45, 2.75) is 13.5 Å². The smallest absolute Gasteiger partial charge is 0.335 e. The number of halogens is 1. The zero-order chi connectivity index (χ0) is 28.4. The Morgan fingerprint density at radius 3 is 2.52 bits per heavy atom. The molecule has 1 saturated heterocycles. The van der Waals surface area contributed by atoms with Crippen LogP contribution in [0.5, 0.6) is 23.0 Å². The molecule has 0 bridgehead atoms. The number of fused-ring (bicyclic) bond motifs is 1. The summed E-state index contributed by atoms with van der Waals surface area (Å²) in [6, 6.07) is 12.8. The van der Waals surface area contributed by atoms with E-state index in [0.717, 1.165) is 4.90 Å². The van der Waals surface area contributed by atoms with Crippen molar-refractivity contribution in [2.75, 3.05) is 18.3 Å². The normalized spacial score (nSPS) is 15.3. The molecule has 2 heterocycles. The van der Waals surface area contributed by atoms with Gasteiger partial charge in [-0.3, -0.25) is 25.0 Å². The number of imide groups is 2. The van der Waals surface area contributed by atoms with Gasteiger partial charge in [0.05, 0.1) is 21.7 Å². The molecule has 0 saturated carbocycles. The monoisotopic (exact) mass is 609 g/mol. The van der Waals surface area contributed by atoms with Crippen molar-refractivity contribution < 1.29 is 38.3 Å². The number of nitro groups is 1. The lowest BCUT2D eigenvalue weighted by Crippen LogP contribution is -2.54. The topological polar surface area (TPSA) is 147 Å². The summed E-state index contributed by atoms with van der Waals surface area (Å²) in [5.74, 6) is -0.128. The molecule has 1 fully saturated rings. The Bertz CT molecular complexity index is 1570. The molecule has 0 radical (unpaired) electrons. The van der Waals surface area contributed by atoms with Crippen LogP contribution in [-0.2, 0) is 16.2 Å². The van der Waals surface area contributed by atoms with Gasteiger partial charge in [0.2, 0.25) is 6.79 Å². The first kappa shape index (κ1) is 26.7. The highest BCUT2D eigenvalue weighted by molar-refractivity contribution is 9.10. The number of benzene rings is 3. The van der Waals surface area contributed by atoms with Gasteiger partial charge in [-0.15, -0.1) is 0 Å². The van der Waals surface area contributed by atoms with E-state index in [0.29, 0.717) is 45.2 Å². The lowest BCUT2D eigenvalue weighted by molar-refractivity contribution is -0.384. The third kappa shape index (κ3) is 5.31. The molecule has 0 atom stereocenters. The van der Waals surface area contributed by atoms with Crippen LogP contribution in [0, 0.1) is 10.1 Å². The van der Waals surface area contributed by atoms with Crippen LogP contribution < -0.4 is 29.2 Å². The van der Waals surface area contributed by atoms with Gasteiger partial charge >= 0.3 is 6.03 Å². The molecule has 0 aromatic heterocycles. The van der Waals surface area contributed by atoms with Gasteiger partial charge in [0.25, 0.3) is 17.5 Å². The van der Waals surface area contributed by atoms with E-state index in [1.807, 2.05) is 0 Å². The SMILES string of the molecule is CCOc1cc(/C=C2\C(=O)NC(=O)N(c3ccc4c(c3)OCO4)C2=O)cc(Br)c1OCc1ccc([N+](=O)[O-])cc1. The van der Waals surface area contributed by atoms with Gasteiger partial charge < -0.3 is 18.9 Å². The second kappa shape index (κ2) is 11.1. The Morgan fingerprint density at radius 2 is 1.80 bits per heavy atom. The van der Waals surface area contributed by atoms with Crippen LogP contribution in [0.4, 0.5) is 16.2 Å².